The molecule has 36 heavy (non-hydrogen) atoms. The summed E-state index contributed by atoms with van der Waals surface area (Å²) in [6.07, 6.45) is 3.52. The Hall–Kier alpha value is -3.06. The third kappa shape index (κ3) is 7.47. The van der Waals surface area contributed by atoms with E-state index in [9.17, 15) is 4.79 Å². The molecule has 2 heterocycles. The number of fused-ring (bicyclic) bond motifs is 1. The van der Waals surface area contributed by atoms with Crippen LogP contribution in [0.15, 0.2) is 48.5 Å². The number of piperidine rings is 1. The zero-order valence-electron chi connectivity index (χ0n) is 21.3. The van der Waals surface area contributed by atoms with E-state index in [0.717, 1.165) is 54.7 Å². The highest BCUT2D eigenvalue weighted by Crippen LogP contribution is 2.27. The number of nitrogens with one attached hydrogen (secondary N) is 1. The molecule has 1 aromatic heterocycles. The van der Waals surface area contributed by atoms with Crippen LogP contribution in [0.3, 0.4) is 0 Å². The zero-order valence-corrected chi connectivity index (χ0v) is 22.1. The number of ether oxygens (including phenoxy) is 2. The third-order valence-electron chi connectivity index (χ3n) is 6.17. The van der Waals surface area contributed by atoms with E-state index in [1.165, 1.54) is 5.56 Å². The lowest BCUT2D eigenvalue weighted by atomic mass is 9.98. The van der Waals surface area contributed by atoms with Gasteiger partial charge in [0.05, 0.1) is 12.1 Å². The second-order valence-electron chi connectivity index (χ2n) is 10.3. The van der Waals surface area contributed by atoms with Gasteiger partial charge in [0, 0.05) is 31.1 Å². The lowest BCUT2D eigenvalue weighted by Gasteiger charge is -2.33. The number of amides is 1. The Labute approximate surface area is 218 Å². The van der Waals surface area contributed by atoms with Gasteiger partial charge in [-0.1, -0.05) is 30.3 Å². The van der Waals surface area contributed by atoms with Crippen molar-refractivity contribution in [2.75, 3.05) is 31.6 Å². The molecule has 192 valence electrons. The minimum absolute atomic E-state index is 0.208. The summed E-state index contributed by atoms with van der Waals surface area (Å²) in [5.41, 5.74) is 1.59. The molecule has 3 aromatic rings. The van der Waals surface area contributed by atoms with Crippen LogP contribution in [0.5, 0.6) is 5.75 Å². The Bertz CT molecular complexity index is 1160. The number of carbonyl (C=O) groups excluding carboxylic acids is 1. The van der Waals surface area contributed by atoms with Crippen molar-refractivity contribution in [3.63, 3.8) is 0 Å². The molecular formula is C28H35ClN4O3. The van der Waals surface area contributed by atoms with Crippen LogP contribution in [0.4, 0.5) is 10.6 Å². The number of nitrogens with zero attached hydrogens (tertiary/aromatic N) is 3. The number of aryl methyl sites for hydroxylation is 1. The fourth-order valence-corrected chi connectivity index (χ4v) is 4.45. The molecule has 1 amide bonds. The quantitative estimate of drug-likeness (QED) is 0.281. The van der Waals surface area contributed by atoms with E-state index in [4.69, 9.17) is 21.1 Å². The molecule has 1 fully saturated rings. The molecule has 8 heteroatoms. The maximum Gasteiger partial charge on any atom is 0.410 e. The van der Waals surface area contributed by atoms with Crippen LogP contribution in [-0.2, 0) is 11.2 Å². The van der Waals surface area contributed by atoms with Crippen molar-refractivity contribution in [3.8, 4) is 5.75 Å². The molecule has 0 atom stereocenters. The summed E-state index contributed by atoms with van der Waals surface area (Å²) in [6.45, 7) is 8.41. The SMILES string of the molecule is CC(C)(C)OC(=O)N1CCC(COc2ccc3c(NCCCc4ccccc4)nc(Cl)nc3c2)CC1. The molecule has 1 aliphatic rings. The molecule has 2 aromatic carbocycles. The van der Waals surface area contributed by atoms with Gasteiger partial charge in [0.25, 0.3) is 0 Å². The highest BCUT2D eigenvalue weighted by Gasteiger charge is 2.27. The number of benzene rings is 2. The lowest BCUT2D eigenvalue weighted by Crippen LogP contribution is -2.42. The summed E-state index contributed by atoms with van der Waals surface area (Å²) >= 11 is 6.22. The molecular weight excluding hydrogens is 476 g/mol. The van der Waals surface area contributed by atoms with E-state index < -0.39 is 5.60 Å². The highest BCUT2D eigenvalue weighted by atomic mass is 35.5. The molecule has 1 saturated heterocycles. The summed E-state index contributed by atoms with van der Waals surface area (Å²) in [6, 6.07) is 16.3. The molecule has 1 N–H and O–H groups in total. The van der Waals surface area contributed by atoms with Gasteiger partial charge >= 0.3 is 6.09 Å². The van der Waals surface area contributed by atoms with Gasteiger partial charge in [-0.15, -0.1) is 0 Å². The van der Waals surface area contributed by atoms with E-state index in [0.29, 0.717) is 25.6 Å². The number of hydrogen-bond acceptors (Lipinski definition) is 6. The van der Waals surface area contributed by atoms with Crippen molar-refractivity contribution < 1.29 is 14.3 Å². The molecule has 0 bridgehead atoms. The highest BCUT2D eigenvalue weighted by molar-refractivity contribution is 6.28. The molecule has 1 aliphatic heterocycles. The maximum absolute atomic E-state index is 12.3. The predicted molar refractivity (Wildman–Crippen MR) is 144 cm³/mol. The topological polar surface area (TPSA) is 76.6 Å². The monoisotopic (exact) mass is 510 g/mol. The Kier molecular flexibility index (Phi) is 8.52. The third-order valence-corrected chi connectivity index (χ3v) is 6.34. The van der Waals surface area contributed by atoms with Crippen LogP contribution in [-0.4, -0.2) is 52.8 Å². The number of likely N-dealkylation sites (tertiary alicyclic amines) is 1. The number of anilines is 1. The summed E-state index contributed by atoms with van der Waals surface area (Å²) in [7, 11) is 0. The molecule has 0 unspecified atom stereocenters. The summed E-state index contributed by atoms with van der Waals surface area (Å²) in [5.74, 6) is 1.87. The van der Waals surface area contributed by atoms with Crippen LogP contribution in [0.2, 0.25) is 5.28 Å². The van der Waals surface area contributed by atoms with E-state index in [-0.39, 0.29) is 11.4 Å². The average molecular weight is 511 g/mol. The van der Waals surface area contributed by atoms with Crippen molar-refractivity contribution in [1.29, 1.82) is 0 Å². The number of halogens is 1. The standard InChI is InChI=1S/C28H35ClN4O3/c1-28(2,3)36-27(34)33-16-13-21(14-17-33)19-35-22-11-12-23-24(18-22)31-26(29)32-25(23)30-15-7-10-20-8-5-4-6-9-20/h4-6,8-9,11-12,18,21H,7,10,13-17,19H2,1-3H3,(H,30,31,32). The first-order valence-corrected chi connectivity index (χ1v) is 13.0. The first-order chi connectivity index (χ1) is 17.3. The van der Waals surface area contributed by atoms with Crippen LogP contribution in [0, 0.1) is 5.92 Å². The van der Waals surface area contributed by atoms with Gasteiger partial charge in [-0.05, 0) is 81.7 Å². The van der Waals surface area contributed by atoms with Crippen LogP contribution in [0.25, 0.3) is 10.9 Å². The van der Waals surface area contributed by atoms with Crippen molar-refractivity contribution in [2.24, 2.45) is 5.92 Å². The molecule has 0 spiro atoms. The van der Waals surface area contributed by atoms with Gasteiger partial charge in [-0.25, -0.2) is 14.8 Å². The van der Waals surface area contributed by atoms with Crippen molar-refractivity contribution in [2.45, 2.75) is 52.1 Å². The fourth-order valence-electron chi connectivity index (χ4n) is 4.27. The number of carbonyl (C=O) groups is 1. The minimum atomic E-state index is -0.475. The van der Waals surface area contributed by atoms with Crippen LogP contribution in [0.1, 0.15) is 45.6 Å². The first kappa shape index (κ1) is 26.0. The van der Waals surface area contributed by atoms with E-state index in [1.807, 2.05) is 45.0 Å². The second-order valence-corrected chi connectivity index (χ2v) is 10.6. The fraction of sp³-hybridized carbons (Fsp3) is 0.464. The maximum atomic E-state index is 12.3. The largest absolute Gasteiger partial charge is 0.493 e. The molecule has 7 nitrogen and oxygen atoms in total. The minimum Gasteiger partial charge on any atom is -0.493 e. The number of aromatic nitrogens is 2. The summed E-state index contributed by atoms with van der Waals surface area (Å²) < 4.78 is 11.6. The Morgan fingerprint density at radius 3 is 2.58 bits per heavy atom. The van der Waals surface area contributed by atoms with Gasteiger partial charge in [0.1, 0.15) is 17.2 Å². The second kappa shape index (κ2) is 11.8. The average Bonchev–Trinajstić information content (AvgIpc) is 2.85. The zero-order chi connectivity index (χ0) is 25.5. The van der Waals surface area contributed by atoms with Crippen molar-refractivity contribution >= 4 is 34.4 Å². The normalized spacial score (nSPS) is 14.6. The smallest absolute Gasteiger partial charge is 0.410 e. The first-order valence-electron chi connectivity index (χ1n) is 12.6. The van der Waals surface area contributed by atoms with E-state index >= 15 is 0 Å². The van der Waals surface area contributed by atoms with Gasteiger partial charge in [0.2, 0.25) is 5.28 Å². The Morgan fingerprint density at radius 2 is 1.86 bits per heavy atom. The van der Waals surface area contributed by atoms with E-state index in [2.05, 4.69) is 39.6 Å². The van der Waals surface area contributed by atoms with Crippen LogP contribution >= 0.6 is 11.6 Å². The number of hydrogen-bond donors (Lipinski definition) is 1. The lowest BCUT2D eigenvalue weighted by molar-refractivity contribution is 0.0165. The molecule has 4 rings (SSSR count). The van der Waals surface area contributed by atoms with E-state index in [1.54, 1.807) is 4.90 Å². The number of rotatable bonds is 8. The predicted octanol–water partition coefficient (Wildman–Crippen LogP) is 6.35. The van der Waals surface area contributed by atoms with Gasteiger partial charge < -0.3 is 19.7 Å². The summed E-state index contributed by atoms with van der Waals surface area (Å²) in [4.78, 5) is 22.9. The van der Waals surface area contributed by atoms with Gasteiger partial charge in [-0.2, -0.15) is 0 Å². The molecule has 0 aliphatic carbocycles. The Morgan fingerprint density at radius 1 is 1.11 bits per heavy atom. The van der Waals surface area contributed by atoms with Crippen LogP contribution < -0.4 is 10.1 Å². The Balaban J connectivity index is 1.29. The van der Waals surface area contributed by atoms with Crippen molar-refractivity contribution in [1.82, 2.24) is 14.9 Å². The molecule has 0 saturated carbocycles. The van der Waals surface area contributed by atoms with Gasteiger partial charge in [-0.3, -0.25) is 0 Å². The van der Waals surface area contributed by atoms with Crippen molar-refractivity contribution in [3.05, 3.63) is 59.4 Å². The molecule has 0 radical (unpaired) electrons. The van der Waals surface area contributed by atoms with Gasteiger partial charge in [0.15, 0.2) is 0 Å². The summed E-state index contributed by atoms with van der Waals surface area (Å²) in [5, 5.41) is 4.53.